The van der Waals surface area contributed by atoms with Crippen molar-refractivity contribution in [3.8, 4) is 0 Å². The van der Waals surface area contributed by atoms with Crippen molar-refractivity contribution in [3.63, 3.8) is 0 Å². The summed E-state index contributed by atoms with van der Waals surface area (Å²) < 4.78 is 37.1. The average Bonchev–Trinajstić information content (AvgIpc) is 1.63. The molecule has 4 nitrogen and oxygen atoms in total. The molecule has 60 valence electrons. The van der Waals surface area contributed by atoms with Gasteiger partial charge in [0.25, 0.3) is 0 Å². The summed E-state index contributed by atoms with van der Waals surface area (Å²) in [4.78, 5) is 0. The van der Waals surface area contributed by atoms with Crippen molar-refractivity contribution in [2.75, 3.05) is 0 Å². The van der Waals surface area contributed by atoms with E-state index in [-0.39, 0.29) is 21.1 Å². The quantitative estimate of drug-likeness (QED) is 0.409. The molecule has 0 aliphatic carbocycles. The summed E-state index contributed by atoms with van der Waals surface area (Å²) in [6.45, 7) is 4.57. The first-order valence-electron chi connectivity index (χ1n) is 2.79. The normalized spacial score (nSPS) is 9.20. The molecule has 0 saturated carbocycles. The minimum absolute atomic E-state index is 0.218. The van der Waals surface area contributed by atoms with E-state index in [0.29, 0.717) is 0 Å². The van der Waals surface area contributed by atoms with E-state index < -0.39 is 10.4 Å². The van der Waals surface area contributed by atoms with Gasteiger partial charge in [0.05, 0.1) is 0 Å². The molecule has 0 unspecified atom stereocenters. The van der Waals surface area contributed by atoms with Gasteiger partial charge in [-0.2, -0.15) is 0 Å². The molecule has 0 aliphatic rings. The molecule has 0 radical (unpaired) electrons. The second kappa shape index (κ2) is 7.77. The van der Waals surface area contributed by atoms with E-state index in [2.05, 4.69) is 13.8 Å². The molecule has 0 saturated heterocycles. The maximum atomic E-state index is 8.52. The van der Waals surface area contributed by atoms with Gasteiger partial charge in [-0.25, -0.2) is 0 Å². The summed E-state index contributed by atoms with van der Waals surface area (Å²) in [5.74, 6) is 0. The largest absolute Gasteiger partial charge is 0.759 e. The molecule has 0 spiro atoms. The molecule has 6 heteroatoms. The van der Waals surface area contributed by atoms with Gasteiger partial charge in [0.1, 0.15) is 0 Å². The van der Waals surface area contributed by atoms with Crippen molar-refractivity contribution in [2.24, 2.45) is 0 Å². The average molecular weight is 273 g/mol. The fraction of sp³-hybridized carbons (Fsp3) is 1.00. The second-order valence-electron chi connectivity index (χ2n) is 1.37. The molecule has 0 amide bonds. The van der Waals surface area contributed by atoms with Gasteiger partial charge < -0.3 is 9.11 Å². The van der Waals surface area contributed by atoms with Gasteiger partial charge in [-0.3, -0.25) is 8.42 Å². The molecule has 0 aromatic carbocycles. The van der Waals surface area contributed by atoms with Gasteiger partial charge >= 0.3 is 43.9 Å². The van der Waals surface area contributed by atoms with Crippen LogP contribution in [0.15, 0.2) is 0 Å². The summed E-state index contributed by atoms with van der Waals surface area (Å²) >= 11 is 0.218. The molecular formula is C4H10O4SSn. The van der Waals surface area contributed by atoms with E-state index in [1.54, 1.807) is 0 Å². The molecular weight excluding hydrogens is 263 g/mol. The number of rotatable bonds is 2. The van der Waals surface area contributed by atoms with E-state index in [9.17, 15) is 0 Å². The van der Waals surface area contributed by atoms with Crippen molar-refractivity contribution in [1.82, 2.24) is 0 Å². The Morgan fingerprint density at radius 1 is 1.20 bits per heavy atom. The monoisotopic (exact) mass is 274 g/mol. The fourth-order valence-electron chi connectivity index (χ4n) is 0.250. The Balaban J connectivity index is 0. The first kappa shape index (κ1) is 13.3. The standard InChI is InChI=1S/2C2H5.H2O4S.Sn/c2*1-2;1-5(2,3)4;/h2*1H2,2H3;(H2,1,2,3,4);/q;;;+2/p-2. The predicted octanol–water partition coefficient (Wildman–Crippen LogP) is 0.229. The summed E-state index contributed by atoms with van der Waals surface area (Å²) in [6, 6.07) is 0. The van der Waals surface area contributed by atoms with Crippen LogP contribution in [0.4, 0.5) is 0 Å². The van der Waals surface area contributed by atoms with Crippen LogP contribution in [-0.4, -0.2) is 38.7 Å². The molecule has 10 heavy (non-hydrogen) atoms. The van der Waals surface area contributed by atoms with E-state index in [0.717, 1.165) is 0 Å². The first-order chi connectivity index (χ1) is 4.41. The van der Waals surface area contributed by atoms with Gasteiger partial charge in [0.15, 0.2) is 0 Å². The summed E-state index contributed by atoms with van der Waals surface area (Å²) in [5.41, 5.74) is 0. The van der Waals surface area contributed by atoms with Crippen LogP contribution in [0.5, 0.6) is 0 Å². The molecule has 0 atom stereocenters. The Labute approximate surface area is 71.8 Å². The SMILES string of the molecule is C[CH2][Sn+2][CH2]C.O=S(=O)([O-])[O-]. The van der Waals surface area contributed by atoms with Crippen molar-refractivity contribution in [2.45, 2.75) is 22.7 Å². The van der Waals surface area contributed by atoms with Crippen LogP contribution in [0.2, 0.25) is 8.87 Å². The summed E-state index contributed by atoms with van der Waals surface area (Å²) in [6.07, 6.45) is 0. The van der Waals surface area contributed by atoms with Crippen molar-refractivity contribution in [1.29, 1.82) is 0 Å². The van der Waals surface area contributed by atoms with Crippen LogP contribution in [-0.2, 0) is 10.4 Å². The van der Waals surface area contributed by atoms with Crippen LogP contribution < -0.4 is 0 Å². The third kappa shape index (κ3) is 71.6. The van der Waals surface area contributed by atoms with E-state index in [1.807, 2.05) is 0 Å². The Hall–Kier alpha value is 0.669. The molecule has 0 N–H and O–H groups in total. The van der Waals surface area contributed by atoms with E-state index in [1.165, 1.54) is 8.87 Å². The first-order valence-corrected chi connectivity index (χ1v) is 8.16. The zero-order valence-corrected chi connectivity index (χ0v) is 9.63. The Bertz CT molecular complexity index is 131. The molecule has 0 bridgehead atoms. The van der Waals surface area contributed by atoms with Crippen molar-refractivity contribution >= 4 is 31.5 Å². The van der Waals surface area contributed by atoms with Gasteiger partial charge in [0, 0.05) is 10.4 Å². The second-order valence-corrected chi connectivity index (χ2v) is 7.65. The summed E-state index contributed by atoms with van der Waals surface area (Å²) in [5, 5.41) is 0. The Morgan fingerprint density at radius 2 is 1.40 bits per heavy atom. The van der Waals surface area contributed by atoms with E-state index >= 15 is 0 Å². The van der Waals surface area contributed by atoms with Crippen LogP contribution in [0.1, 0.15) is 13.8 Å². The van der Waals surface area contributed by atoms with Crippen LogP contribution in [0, 0.1) is 0 Å². The minimum Gasteiger partial charge on any atom is -0.759 e. The van der Waals surface area contributed by atoms with Gasteiger partial charge in [-0.15, -0.1) is 0 Å². The topological polar surface area (TPSA) is 80.3 Å². The molecule has 0 aliphatic heterocycles. The van der Waals surface area contributed by atoms with Crippen LogP contribution >= 0.6 is 0 Å². The molecule has 0 heterocycles. The Kier molecular flexibility index (Phi) is 10.3. The third-order valence-corrected chi connectivity index (χ3v) is 3.35. The van der Waals surface area contributed by atoms with Crippen LogP contribution in [0.25, 0.3) is 0 Å². The number of hydrogen-bond donors (Lipinski definition) is 0. The smallest absolute Gasteiger partial charge is 0.0311 e. The van der Waals surface area contributed by atoms with Crippen molar-refractivity contribution < 1.29 is 17.5 Å². The Morgan fingerprint density at radius 3 is 1.40 bits per heavy atom. The van der Waals surface area contributed by atoms with Crippen molar-refractivity contribution in [3.05, 3.63) is 0 Å². The van der Waals surface area contributed by atoms with E-state index in [4.69, 9.17) is 17.5 Å². The van der Waals surface area contributed by atoms with Crippen LogP contribution in [0.3, 0.4) is 0 Å². The zero-order valence-electron chi connectivity index (χ0n) is 5.96. The van der Waals surface area contributed by atoms with Gasteiger partial charge in [-0.1, -0.05) is 0 Å². The molecule has 0 aromatic heterocycles. The molecule has 0 fully saturated rings. The van der Waals surface area contributed by atoms with Gasteiger partial charge in [0.2, 0.25) is 0 Å². The zero-order chi connectivity index (χ0) is 8.62. The molecule has 0 aromatic rings. The maximum absolute atomic E-state index is 8.52. The maximum Gasteiger partial charge on any atom is 0.0311 e. The summed E-state index contributed by atoms with van der Waals surface area (Å²) in [7, 11) is -5.17. The van der Waals surface area contributed by atoms with Gasteiger partial charge in [-0.05, 0) is 0 Å². The number of hydrogen-bond acceptors (Lipinski definition) is 4. The third-order valence-electron chi connectivity index (χ3n) is 0.500. The molecule has 0 rings (SSSR count). The minimum atomic E-state index is -5.17. The fourth-order valence-corrected chi connectivity index (χ4v) is 1.68. The predicted molar refractivity (Wildman–Crippen MR) is 37.2 cm³/mol.